The van der Waals surface area contributed by atoms with E-state index in [0.717, 1.165) is 48.1 Å². The minimum absolute atomic E-state index is 0.176. The highest BCUT2D eigenvalue weighted by atomic mass is 16.5. The van der Waals surface area contributed by atoms with Crippen LogP contribution in [0.15, 0.2) is 36.5 Å². The number of fused-ring (bicyclic) bond motifs is 1. The first-order valence-electron chi connectivity index (χ1n) is 12.7. The molecule has 0 bridgehead atoms. The van der Waals surface area contributed by atoms with Crippen molar-refractivity contribution in [2.45, 2.75) is 59.8 Å². The molecule has 1 heterocycles. The molecule has 1 aromatic heterocycles. The maximum Gasteiger partial charge on any atom is 0.128 e. The van der Waals surface area contributed by atoms with Crippen molar-refractivity contribution in [1.82, 2.24) is 9.88 Å². The topological polar surface area (TPSA) is 71.6 Å². The molecule has 6 nitrogen and oxygen atoms in total. The highest BCUT2D eigenvalue weighted by molar-refractivity contribution is 5.89. The fourth-order valence-corrected chi connectivity index (χ4v) is 4.20. The number of aldehydes is 2. The molecule has 0 amide bonds. The van der Waals surface area contributed by atoms with E-state index in [0.29, 0.717) is 6.42 Å². The number of hydrogen-bond donors (Lipinski definition) is 1. The Kier molecular flexibility index (Phi) is 13.1. The first kappa shape index (κ1) is 31.9. The van der Waals surface area contributed by atoms with E-state index in [9.17, 15) is 9.59 Å². The smallest absolute Gasteiger partial charge is 0.128 e. The monoisotopic (exact) mass is 510 g/mol. The molecular formula is C31H46N2O4. The summed E-state index contributed by atoms with van der Waals surface area (Å²) in [6, 6.07) is 10.2. The molecule has 0 aliphatic heterocycles. The molecule has 37 heavy (non-hydrogen) atoms. The van der Waals surface area contributed by atoms with Gasteiger partial charge in [0, 0.05) is 47.0 Å². The molecule has 2 aromatic carbocycles. The van der Waals surface area contributed by atoms with Crippen molar-refractivity contribution in [3.8, 4) is 11.5 Å². The van der Waals surface area contributed by atoms with E-state index in [2.05, 4.69) is 63.1 Å². The summed E-state index contributed by atoms with van der Waals surface area (Å²) in [4.78, 5) is 25.7. The predicted molar refractivity (Wildman–Crippen MR) is 154 cm³/mol. The number of benzene rings is 2. The van der Waals surface area contributed by atoms with Gasteiger partial charge in [-0.1, -0.05) is 39.8 Å². The highest BCUT2D eigenvalue weighted by Crippen LogP contribution is 2.37. The molecule has 3 aromatic rings. The molecule has 6 heteroatoms. The van der Waals surface area contributed by atoms with Gasteiger partial charge in [-0.3, -0.25) is 0 Å². The number of H-pyrrole nitrogens is 1. The Morgan fingerprint density at radius 3 is 2.16 bits per heavy atom. The van der Waals surface area contributed by atoms with Crippen molar-refractivity contribution in [2.24, 2.45) is 5.92 Å². The minimum atomic E-state index is -0.176. The van der Waals surface area contributed by atoms with Crippen molar-refractivity contribution in [3.05, 3.63) is 58.8 Å². The number of nitrogens with one attached hydrogen (secondary N) is 1. The van der Waals surface area contributed by atoms with Crippen molar-refractivity contribution in [2.75, 3.05) is 34.9 Å². The molecule has 0 saturated heterocycles. The van der Waals surface area contributed by atoms with Crippen LogP contribution in [0, 0.1) is 19.8 Å². The van der Waals surface area contributed by atoms with Crippen LogP contribution in [0.5, 0.6) is 11.5 Å². The Bertz CT molecular complexity index is 1130. The average molecular weight is 511 g/mol. The first-order chi connectivity index (χ1) is 17.4. The van der Waals surface area contributed by atoms with E-state index >= 15 is 0 Å². The zero-order valence-corrected chi connectivity index (χ0v) is 24.4. The van der Waals surface area contributed by atoms with Crippen molar-refractivity contribution >= 4 is 23.5 Å². The Morgan fingerprint density at radius 1 is 1.03 bits per heavy atom. The third-order valence-corrected chi connectivity index (χ3v) is 6.00. The van der Waals surface area contributed by atoms with Crippen LogP contribution >= 0.6 is 0 Å². The third-order valence-electron chi connectivity index (χ3n) is 6.00. The quantitative estimate of drug-likeness (QED) is 0.342. The predicted octanol–water partition coefficient (Wildman–Crippen LogP) is 6.30. The van der Waals surface area contributed by atoms with Crippen LogP contribution in [0.3, 0.4) is 0 Å². The number of likely N-dealkylation sites (N-methyl/N-ethyl adjacent to an activating group) is 1. The number of methoxy groups -OCH3 is 2. The van der Waals surface area contributed by atoms with Gasteiger partial charge in [-0.2, -0.15) is 0 Å². The van der Waals surface area contributed by atoms with Gasteiger partial charge in [0.1, 0.15) is 24.1 Å². The van der Waals surface area contributed by atoms with Crippen LogP contribution in [0.4, 0.5) is 0 Å². The zero-order valence-electron chi connectivity index (χ0n) is 24.4. The van der Waals surface area contributed by atoms with Gasteiger partial charge in [0.15, 0.2) is 0 Å². The summed E-state index contributed by atoms with van der Waals surface area (Å²) in [5, 5.41) is 1.21. The maximum atomic E-state index is 10.7. The van der Waals surface area contributed by atoms with Crippen molar-refractivity contribution in [3.63, 3.8) is 0 Å². The standard InChI is InChI=1S/C14H20O2.C13H18N2O.C4H8O/c1-10-8-11(2)13(12(9-10)16-5)14(3,4)6-7-15;1-15(2)8-7-10-9-14-11-5-4-6-12(16-3)13(10)11;1-4(2)3-5/h7-9H,6H2,1-5H3;4-6,9,14H,7-8H2,1-3H3;3-4H,1-2H3. The van der Waals surface area contributed by atoms with Crippen molar-refractivity contribution < 1.29 is 19.1 Å². The van der Waals surface area contributed by atoms with E-state index in [4.69, 9.17) is 9.47 Å². The lowest BCUT2D eigenvalue weighted by atomic mass is 9.78. The van der Waals surface area contributed by atoms with E-state index in [1.54, 1.807) is 14.2 Å². The molecule has 0 atom stereocenters. The second-order valence-electron chi connectivity index (χ2n) is 10.5. The molecule has 1 N–H and O–H groups in total. The fraction of sp³-hybridized carbons (Fsp3) is 0.484. The first-order valence-corrected chi connectivity index (χ1v) is 12.7. The van der Waals surface area contributed by atoms with Gasteiger partial charge in [-0.25, -0.2) is 0 Å². The largest absolute Gasteiger partial charge is 0.496 e. The van der Waals surface area contributed by atoms with E-state index in [1.807, 2.05) is 39.0 Å². The SMILES string of the molecule is CC(C)C=O.COc1cc(C)cc(C)c1C(C)(C)CC=O.COc1cccc2[nH]cc(CCN(C)C)c12. The summed E-state index contributed by atoms with van der Waals surface area (Å²) in [6.07, 6.45) is 5.51. The minimum Gasteiger partial charge on any atom is -0.496 e. The summed E-state index contributed by atoms with van der Waals surface area (Å²) >= 11 is 0. The maximum absolute atomic E-state index is 10.7. The molecular weight excluding hydrogens is 464 g/mol. The molecule has 204 valence electrons. The number of nitrogens with zero attached hydrogens (tertiary/aromatic N) is 1. The van der Waals surface area contributed by atoms with Crippen LogP contribution < -0.4 is 9.47 Å². The Balaban J connectivity index is 0.000000314. The fourth-order valence-electron chi connectivity index (χ4n) is 4.20. The number of aromatic amines is 1. The summed E-state index contributed by atoms with van der Waals surface area (Å²) in [7, 11) is 7.57. The lowest BCUT2D eigenvalue weighted by molar-refractivity contribution is -0.110. The Morgan fingerprint density at radius 2 is 1.65 bits per heavy atom. The molecule has 0 aliphatic rings. The van der Waals surface area contributed by atoms with Gasteiger partial charge in [-0.05, 0) is 69.3 Å². The van der Waals surface area contributed by atoms with E-state index in [-0.39, 0.29) is 11.3 Å². The number of carbonyl (C=O) groups excluding carboxylic acids is 2. The van der Waals surface area contributed by atoms with Gasteiger partial charge in [-0.15, -0.1) is 0 Å². The second kappa shape index (κ2) is 15.2. The van der Waals surface area contributed by atoms with Gasteiger partial charge < -0.3 is 28.9 Å². The Hall–Kier alpha value is -3.12. The van der Waals surface area contributed by atoms with Crippen LogP contribution in [0.2, 0.25) is 0 Å². The second-order valence-corrected chi connectivity index (χ2v) is 10.5. The highest BCUT2D eigenvalue weighted by Gasteiger charge is 2.26. The van der Waals surface area contributed by atoms with Crippen LogP contribution in [-0.4, -0.2) is 57.3 Å². The molecule has 0 fully saturated rings. The molecule has 0 unspecified atom stereocenters. The molecule has 0 aliphatic carbocycles. The van der Waals surface area contributed by atoms with E-state index < -0.39 is 0 Å². The van der Waals surface area contributed by atoms with Crippen LogP contribution in [0.25, 0.3) is 10.9 Å². The zero-order chi connectivity index (χ0) is 28.2. The van der Waals surface area contributed by atoms with Crippen LogP contribution in [0.1, 0.15) is 56.4 Å². The summed E-state index contributed by atoms with van der Waals surface area (Å²) < 4.78 is 10.8. The Labute approximate surface area is 223 Å². The summed E-state index contributed by atoms with van der Waals surface area (Å²) in [5.74, 6) is 2.03. The summed E-state index contributed by atoms with van der Waals surface area (Å²) in [6.45, 7) is 13.0. The van der Waals surface area contributed by atoms with Crippen LogP contribution in [-0.2, 0) is 21.4 Å². The van der Waals surface area contributed by atoms with Crippen molar-refractivity contribution in [1.29, 1.82) is 0 Å². The van der Waals surface area contributed by atoms with E-state index in [1.165, 1.54) is 22.1 Å². The lowest BCUT2D eigenvalue weighted by Gasteiger charge is -2.27. The molecule has 0 saturated carbocycles. The molecule has 3 rings (SSSR count). The van der Waals surface area contributed by atoms with Gasteiger partial charge in [0.05, 0.1) is 14.2 Å². The molecule has 0 radical (unpaired) electrons. The third kappa shape index (κ3) is 9.69. The van der Waals surface area contributed by atoms with Gasteiger partial charge >= 0.3 is 0 Å². The number of ether oxygens (including phenoxy) is 2. The van der Waals surface area contributed by atoms with Gasteiger partial charge in [0.25, 0.3) is 0 Å². The normalized spacial score (nSPS) is 10.9. The number of aromatic nitrogens is 1. The average Bonchev–Trinajstić information content (AvgIpc) is 3.26. The van der Waals surface area contributed by atoms with Gasteiger partial charge in [0.2, 0.25) is 0 Å². The number of rotatable bonds is 9. The molecule has 0 spiro atoms. The number of aryl methyl sites for hydroxylation is 2. The number of hydrogen-bond acceptors (Lipinski definition) is 5. The number of carbonyl (C=O) groups is 2. The lowest BCUT2D eigenvalue weighted by Crippen LogP contribution is -2.20. The summed E-state index contributed by atoms with van der Waals surface area (Å²) in [5.41, 5.74) is 5.79.